The molecule has 1 N–H and O–H groups in total. The van der Waals surface area contributed by atoms with Crippen molar-refractivity contribution in [2.45, 2.75) is 42.5 Å². The van der Waals surface area contributed by atoms with Crippen LogP contribution in [0.25, 0.3) is 0 Å². The molecule has 1 atom stereocenters. The van der Waals surface area contributed by atoms with Crippen LogP contribution in [-0.2, 0) is 21.1 Å². The lowest BCUT2D eigenvalue weighted by atomic mass is 10.2. The Bertz CT molecular complexity index is 902. The van der Waals surface area contributed by atoms with E-state index in [4.69, 9.17) is 0 Å². The van der Waals surface area contributed by atoms with Crippen LogP contribution in [0.4, 0.5) is 5.69 Å². The van der Waals surface area contributed by atoms with Gasteiger partial charge in [-0.05, 0) is 37.8 Å². The van der Waals surface area contributed by atoms with Gasteiger partial charge in [-0.2, -0.15) is 0 Å². The van der Waals surface area contributed by atoms with Crippen molar-refractivity contribution in [3.8, 4) is 0 Å². The smallest absolute Gasteiger partial charge is 0.267 e. The molecule has 0 bridgehead atoms. The highest BCUT2D eigenvalue weighted by atomic mass is 32.2. The Morgan fingerprint density at radius 3 is 2.83 bits per heavy atom. The van der Waals surface area contributed by atoms with Gasteiger partial charge in [-0.3, -0.25) is 9.89 Å². The van der Waals surface area contributed by atoms with Crippen molar-refractivity contribution in [1.29, 1.82) is 0 Å². The molecule has 0 saturated heterocycles. The van der Waals surface area contributed by atoms with Crippen LogP contribution in [0.1, 0.15) is 37.1 Å². The van der Waals surface area contributed by atoms with Crippen LogP contribution >= 0.6 is 0 Å². The number of aromatic nitrogens is 3. The first-order chi connectivity index (χ1) is 11.5. The first-order valence-electron chi connectivity index (χ1n) is 8.04. The minimum Gasteiger partial charge on any atom is -0.311 e. The average molecular weight is 346 g/mol. The number of aromatic amines is 1. The highest BCUT2D eigenvalue weighted by Crippen LogP contribution is 2.38. The molecule has 0 radical (unpaired) electrons. The number of para-hydroxylation sites is 1. The summed E-state index contributed by atoms with van der Waals surface area (Å²) in [6.45, 7) is 1.91. The van der Waals surface area contributed by atoms with Crippen molar-refractivity contribution >= 4 is 21.4 Å². The summed E-state index contributed by atoms with van der Waals surface area (Å²) in [6, 6.07) is 7.57. The number of hydrogen-bond acceptors (Lipinski definition) is 5. The molecule has 1 saturated carbocycles. The SMILES string of the molecule is CC(C(=O)N1CCc2ccccc21)S(=O)(=O)c1n[nH]c(C2CC2)n1. The molecule has 1 aromatic carbocycles. The topological polar surface area (TPSA) is 96.0 Å². The predicted octanol–water partition coefficient (Wildman–Crippen LogP) is 1.43. The van der Waals surface area contributed by atoms with E-state index >= 15 is 0 Å². The van der Waals surface area contributed by atoms with E-state index in [1.165, 1.54) is 6.92 Å². The quantitative estimate of drug-likeness (QED) is 0.903. The Kier molecular flexibility index (Phi) is 3.45. The van der Waals surface area contributed by atoms with Gasteiger partial charge in [0.25, 0.3) is 5.16 Å². The molecule has 1 aliphatic carbocycles. The standard InChI is InChI=1S/C16H18N4O3S/c1-10(15(21)20-9-8-11-4-2-3-5-13(11)20)24(22,23)16-17-14(18-19-16)12-6-7-12/h2-5,10,12H,6-9H2,1H3,(H,17,18,19). The van der Waals surface area contributed by atoms with Crippen LogP contribution in [0.3, 0.4) is 0 Å². The Balaban J connectivity index is 1.60. The van der Waals surface area contributed by atoms with E-state index in [9.17, 15) is 13.2 Å². The van der Waals surface area contributed by atoms with Crippen LogP contribution in [-0.4, -0.2) is 41.3 Å². The number of anilines is 1. The van der Waals surface area contributed by atoms with E-state index in [-0.39, 0.29) is 11.1 Å². The maximum Gasteiger partial charge on any atom is 0.267 e. The third kappa shape index (κ3) is 2.41. The molecule has 2 heterocycles. The van der Waals surface area contributed by atoms with Gasteiger partial charge in [0.1, 0.15) is 11.1 Å². The lowest BCUT2D eigenvalue weighted by Gasteiger charge is -2.20. The second-order valence-corrected chi connectivity index (χ2v) is 8.50. The second kappa shape index (κ2) is 5.41. The number of amides is 1. The summed E-state index contributed by atoms with van der Waals surface area (Å²) < 4.78 is 25.4. The first kappa shape index (κ1) is 15.3. The molecule has 1 aliphatic heterocycles. The van der Waals surface area contributed by atoms with Crippen molar-refractivity contribution in [2.75, 3.05) is 11.4 Å². The van der Waals surface area contributed by atoms with Crippen molar-refractivity contribution in [3.63, 3.8) is 0 Å². The van der Waals surface area contributed by atoms with Crippen LogP contribution in [0.15, 0.2) is 29.4 Å². The monoisotopic (exact) mass is 346 g/mol. The molecule has 1 unspecified atom stereocenters. The number of benzene rings is 1. The van der Waals surface area contributed by atoms with Crippen LogP contribution in [0, 0.1) is 0 Å². The Morgan fingerprint density at radius 2 is 2.08 bits per heavy atom. The summed E-state index contributed by atoms with van der Waals surface area (Å²) in [4.78, 5) is 18.4. The highest BCUT2D eigenvalue weighted by molar-refractivity contribution is 7.92. The lowest BCUT2D eigenvalue weighted by Crippen LogP contribution is -2.41. The summed E-state index contributed by atoms with van der Waals surface area (Å²) >= 11 is 0. The van der Waals surface area contributed by atoms with E-state index in [0.29, 0.717) is 12.4 Å². The summed E-state index contributed by atoms with van der Waals surface area (Å²) in [5.41, 5.74) is 1.85. The molecular formula is C16H18N4O3S. The van der Waals surface area contributed by atoms with Crippen molar-refractivity contribution in [1.82, 2.24) is 15.2 Å². The fourth-order valence-electron chi connectivity index (χ4n) is 3.00. The summed E-state index contributed by atoms with van der Waals surface area (Å²) in [7, 11) is -3.91. The fourth-order valence-corrected chi connectivity index (χ4v) is 4.11. The number of nitrogens with zero attached hydrogens (tertiary/aromatic N) is 3. The molecule has 4 rings (SSSR count). The maximum atomic E-state index is 12.8. The largest absolute Gasteiger partial charge is 0.311 e. The summed E-state index contributed by atoms with van der Waals surface area (Å²) in [5, 5.41) is 5.02. The lowest BCUT2D eigenvalue weighted by molar-refractivity contribution is -0.117. The van der Waals surface area contributed by atoms with Crippen LogP contribution in [0.5, 0.6) is 0 Å². The Labute approximate surface area is 140 Å². The van der Waals surface area contributed by atoms with Gasteiger partial charge in [-0.15, -0.1) is 5.10 Å². The number of sulfone groups is 1. The van der Waals surface area contributed by atoms with Gasteiger partial charge in [0.15, 0.2) is 0 Å². The molecule has 1 amide bonds. The molecule has 1 fully saturated rings. The third-order valence-electron chi connectivity index (χ3n) is 4.67. The van der Waals surface area contributed by atoms with Gasteiger partial charge in [0.05, 0.1) is 0 Å². The number of carbonyl (C=O) groups is 1. The zero-order chi connectivity index (χ0) is 16.9. The molecule has 1 aromatic heterocycles. The first-order valence-corrected chi connectivity index (χ1v) is 9.58. The molecule has 0 spiro atoms. The van der Waals surface area contributed by atoms with Crippen molar-refractivity contribution < 1.29 is 13.2 Å². The zero-order valence-electron chi connectivity index (χ0n) is 13.3. The predicted molar refractivity (Wildman–Crippen MR) is 87.5 cm³/mol. The zero-order valence-corrected chi connectivity index (χ0v) is 14.1. The number of H-pyrrole nitrogens is 1. The van der Waals surface area contributed by atoms with E-state index in [2.05, 4.69) is 15.2 Å². The minimum atomic E-state index is -3.91. The second-order valence-electron chi connectivity index (χ2n) is 6.33. The van der Waals surface area contributed by atoms with Gasteiger partial charge >= 0.3 is 0 Å². The van der Waals surface area contributed by atoms with E-state index < -0.39 is 21.0 Å². The van der Waals surface area contributed by atoms with Crippen molar-refractivity contribution in [2.24, 2.45) is 0 Å². The van der Waals surface area contributed by atoms with Crippen LogP contribution < -0.4 is 4.90 Å². The number of rotatable bonds is 4. The van der Waals surface area contributed by atoms with Crippen LogP contribution in [0.2, 0.25) is 0 Å². The molecule has 126 valence electrons. The number of fused-ring (bicyclic) bond motifs is 1. The fraction of sp³-hybridized carbons (Fsp3) is 0.438. The molecule has 7 nitrogen and oxygen atoms in total. The van der Waals surface area contributed by atoms with Gasteiger partial charge in [-0.25, -0.2) is 13.4 Å². The molecule has 2 aromatic rings. The number of carbonyl (C=O) groups excluding carboxylic acids is 1. The van der Waals surface area contributed by atoms with E-state index in [0.717, 1.165) is 30.5 Å². The third-order valence-corrected chi connectivity index (χ3v) is 6.49. The number of nitrogens with one attached hydrogen (secondary N) is 1. The molecule has 24 heavy (non-hydrogen) atoms. The van der Waals surface area contributed by atoms with E-state index in [1.807, 2.05) is 24.3 Å². The Morgan fingerprint density at radius 1 is 1.33 bits per heavy atom. The molecular weight excluding hydrogens is 328 g/mol. The van der Waals surface area contributed by atoms with Gasteiger partial charge in [0.2, 0.25) is 15.7 Å². The molecule has 8 heteroatoms. The minimum absolute atomic E-state index is 0.276. The average Bonchev–Trinajstić information content (AvgIpc) is 3.15. The highest BCUT2D eigenvalue weighted by Gasteiger charge is 2.39. The number of hydrogen-bond donors (Lipinski definition) is 1. The van der Waals surface area contributed by atoms with Crippen molar-refractivity contribution in [3.05, 3.63) is 35.7 Å². The van der Waals surface area contributed by atoms with Gasteiger partial charge < -0.3 is 4.90 Å². The summed E-state index contributed by atoms with van der Waals surface area (Å²) in [5.74, 6) is 0.440. The molecule has 2 aliphatic rings. The normalized spacial score (nSPS) is 18.5. The van der Waals surface area contributed by atoms with E-state index in [1.54, 1.807) is 4.90 Å². The maximum absolute atomic E-state index is 12.8. The summed E-state index contributed by atoms with van der Waals surface area (Å²) in [6.07, 6.45) is 2.72. The van der Waals surface area contributed by atoms with Gasteiger partial charge in [-0.1, -0.05) is 18.2 Å². The van der Waals surface area contributed by atoms with Gasteiger partial charge in [0, 0.05) is 18.2 Å². The Hall–Kier alpha value is -2.22.